The topological polar surface area (TPSA) is 97.0 Å². The third-order valence-electron chi connectivity index (χ3n) is 4.76. The van der Waals surface area contributed by atoms with E-state index in [9.17, 15) is 14.7 Å². The van der Waals surface area contributed by atoms with Gasteiger partial charge in [0.1, 0.15) is 28.7 Å². The first-order valence-corrected chi connectivity index (χ1v) is 9.65. The van der Waals surface area contributed by atoms with Crippen LogP contribution in [0.1, 0.15) is 12.8 Å². The zero-order valence-corrected chi connectivity index (χ0v) is 16.7. The summed E-state index contributed by atoms with van der Waals surface area (Å²) in [6.45, 7) is 0. The number of benzene rings is 2. The second-order valence-electron chi connectivity index (χ2n) is 6.63. The SMILES string of the molecule is O=c1cc(-c2ccc(Br)cc2O[C@H]2C[C@H](C(=O)O)C2)oc2c(Cl)ccc(O)c12. The summed E-state index contributed by atoms with van der Waals surface area (Å²) >= 11 is 9.54. The number of fused-ring (bicyclic) bond motifs is 1. The highest BCUT2D eigenvalue weighted by atomic mass is 79.9. The first-order valence-electron chi connectivity index (χ1n) is 8.48. The van der Waals surface area contributed by atoms with Crippen molar-refractivity contribution in [3.8, 4) is 22.8 Å². The van der Waals surface area contributed by atoms with E-state index >= 15 is 0 Å². The second kappa shape index (κ2) is 7.14. The van der Waals surface area contributed by atoms with Crippen molar-refractivity contribution in [1.29, 1.82) is 0 Å². The molecule has 144 valence electrons. The summed E-state index contributed by atoms with van der Waals surface area (Å²) in [6.07, 6.45) is 0.611. The number of rotatable bonds is 4. The summed E-state index contributed by atoms with van der Waals surface area (Å²) < 4.78 is 12.6. The molecule has 0 saturated heterocycles. The molecule has 0 unspecified atom stereocenters. The third kappa shape index (κ3) is 3.36. The Labute approximate surface area is 172 Å². The molecule has 1 aromatic heterocycles. The standard InChI is InChI=1S/C20H14BrClO6/c21-10-1-2-12(16(7-10)27-11-5-9(6-11)20(25)26)17-8-15(24)18-14(23)4-3-13(22)19(18)28-17/h1-4,7-9,11,23H,5-6H2,(H,25,26)/t9-,11-. The minimum Gasteiger partial charge on any atom is -0.507 e. The number of aliphatic carboxylic acids is 1. The van der Waals surface area contributed by atoms with Crippen molar-refractivity contribution in [2.24, 2.45) is 5.92 Å². The highest BCUT2D eigenvalue weighted by Gasteiger charge is 2.36. The Morgan fingerprint density at radius 2 is 1.96 bits per heavy atom. The maximum atomic E-state index is 12.5. The Hall–Kier alpha value is -2.51. The number of ether oxygens (including phenoxy) is 1. The summed E-state index contributed by atoms with van der Waals surface area (Å²) in [5, 5.41) is 19.2. The van der Waals surface area contributed by atoms with Crippen LogP contribution in [0, 0.1) is 5.92 Å². The largest absolute Gasteiger partial charge is 0.507 e. The molecule has 1 fully saturated rings. The molecule has 8 heteroatoms. The molecular weight excluding hydrogens is 452 g/mol. The Morgan fingerprint density at radius 3 is 2.68 bits per heavy atom. The van der Waals surface area contributed by atoms with E-state index in [0.29, 0.717) is 24.2 Å². The average molecular weight is 466 g/mol. The molecule has 1 saturated carbocycles. The molecule has 0 spiro atoms. The van der Waals surface area contributed by atoms with Gasteiger partial charge >= 0.3 is 5.97 Å². The van der Waals surface area contributed by atoms with Gasteiger partial charge in [0.05, 0.1) is 16.5 Å². The number of carbonyl (C=O) groups is 1. The molecule has 0 amide bonds. The molecule has 1 aliphatic carbocycles. The number of hydrogen-bond donors (Lipinski definition) is 2. The highest BCUT2D eigenvalue weighted by molar-refractivity contribution is 9.10. The monoisotopic (exact) mass is 464 g/mol. The first kappa shape index (κ1) is 18.8. The number of phenols is 1. The van der Waals surface area contributed by atoms with Gasteiger partial charge in [0, 0.05) is 10.5 Å². The van der Waals surface area contributed by atoms with Gasteiger partial charge in [-0.15, -0.1) is 0 Å². The molecule has 4 rings (SSSR count). The second-order valence-corrected chi connectivity index (χ2v) is 7.96. The van der Waals surface area contributed by atoms with Gasteiger partial charge in [0.15, 0.2) is 11.0 Å². The molecule has 0 bridgehead atoms. The van der Waals surface area contributed by atoms with Crippen LogP contribution in [0.2, 0.25) is 5.02 Å². The van der Waals surface area contributed by atoms with Crippen LogP contribution in [0.4, 0.5) is 0 Å². The minimum absolute atomic E-state index is 0.0131. The maximum Gasteiger partial charge on any atom is 0.306 e. The van der Waals surface area contributed by atoms with Crippen LogP contribution < -0.4 is 10.2 Å². The molecule has 0 radical (unpaired) electrons. The van der Waals surface area contributed by atoms with Gasteiger partial charge in [-0.3, -0.25) is 9.59 Å². The van der Waals surface area contributed by atoms with Crippen LogP contribution in [0.3, 0.4) is 0 Å². The number of hydrogen-bond acceptors (Lipinski definition) is 5. The number of aromatic hydroxyl groups is 1. The van der Waals surface area contributed by atoms with E-state index in [0.717, 1.165) is 4.47 Å². The zero-order chi connectivity index (χ0) is 20.0. The summed E-state index contributed by atoms with van der Waals surface area (Å²) in [6, 6.07) is 9.30. The van der Waals surface area contributed by atoms with Gasteiger partial charge in [0.25, 0.3) is 0 Å². The smallest absolute Gasteiger partial charge is 0.306 e. The summed E-state index contributed by atoms with van der Waals surface area (Å²) in [5.74, 6) is -0.741. The van der Waals surface area contributed by atoms with Crippen molar-refractivity contribution < 1.29 is 24.2 Å². The molecule has 0 atom stereocenters. The van der Waals surface area contributed by atoms with Crippen LogP contribution in [0.15, 0.2) is 50.1 Å². The molecule has 28 heavy (non-hydrogen) atoms. The van der Waals surface area contributed by atoms with Gasteiger partial charge in [-0.1, -0.05) is 27.5 Å². The van der Waals surface area contributed by atoms with Crippen molar-refractivity contribution in [1.82, 2.24) is 0 Å². The van der Waals surface area contributed by atoms with Crippen LogP contribution in [-0.4, -0.2) is 22.3 Å². The van der Waals surface area contributed by atoms with Crippen LogP contribution in [0.25, 0.3) is 22.3 Å². The van der Waals surface area contributed by atoms with Crippen molar-refractivity contribution in [2.75, 3.05) is 0 Å². The maximum absolute atomic E-state index is 12.5. The predicted molar refractivity (Wildman–Crippen MR) is 107 cm³/mol. The summed E-state index contributed by atoms with van der Waals surface area (Å²) in [5.41, 5.74) is 0.188. The Balaban J connectivity index is 1.77. The van der Waals surface area contributed by atoms with Gasteiger partial charge in [-0.05, 0) is 43.2 Å². The molecule has 2 aromatic carbocycles. The van der Waals surface area contributed by atoms with Gasteiger partial charge < -0.3 is 19.4 Å². The van der Waals surface area contributed by atoms with Gasteiger partial charge in [-0.25, -0.2) is 0 Å². The lowest BCUT2D eigenvalue weighted by molar-refractivity contribution is -0.147. The van der Waals surface area contributed by atoms with E-state index in [-0.39, 0.29) is 33.6 Å². The minimum atomic E-state index is -0.829. The summed E-state index contributed by atoms with van der Waals surface area (Å²) in [7, 11) is 0. The molecule has 6 nitrogen and oxygen atoms in total. The first-order chi connectivity index (χ1) is 13.3. The van der Waals surface area contributed by atoms with Crippen LogP contribution in [-0.2, 0) is 4.79 Å². The number of carboxylic acid groups (broad SMARTS) is 1. The molecule has 1 aliphatic rings. The normalized spacial score (nSPS) is 18.6. The van der Waals surface area contributed by atoms with Crippen LogP contribution in [0.5, 0.6) is 11.5 Å². The molecule has 0 aliphatic heterocycles. The molecule has 2 N–H and O–H groups in total. The Bertz CT molecular complexity index is 1150. The molecule has 3 aromatic rings. The van der Waals surface area contributed by atoms with Gasteiger partial charge in [0.2, 0.25) is 0 Å². The van der Waals surface area contributed by atoms with Gasteiger partial charge in [-0.2, -0.15) is 0 Å². The van der Waals surface area contributed by atoms with Crippen LogP contribution >= 0.6 is 27.5 Å². The van der Waals surface area contributed by atoms with Crippen molar-refractivity contribution in [2.45, 2.75) is 18.9 Å². The highest BCUT2D eigenvalue weighted by Crippen LogP contribution is 2.39. The fourth-order valence-electron chi connectivity index (χ4n) is 3.19. The quantitative estimate of drug-likeness (QED) is 0.573. The molecule has 1 heterocycles. The lowest BCUT2D eigenvalue weighted by atomic mass is 9.82. The number of phenolic OH excluding ortho intramolecular Hbond substituents is 1. The fraction of sp³-hybridized carbons (Fsp3) is 0.200. The lowest BCUT2D eigenvalue weighted by Crippen LogP contribution is -2.38. The van der Waals surface area contributed by atoms with Crippen molar-refractivity contribution in [3.05, 3.63) is 56.1 Å². The van der Waals surface area contributed by atoms with E-state index in [1.54, 1.807) is 18.2 Å². The third-order valence-corrected chi connectivity index (χ3v) is 5.55. The number of carboxylic acids is 1. The van der Waals surface area contributed by atoms with E-state index in [1.165, 1.54) is 18.2 Å². The van der Waals surface area contributed by atoms with Crippen molar-refractivity contribution >= 4 is 44.5 Å². The van der Waals surface area contributed by atoms with E-state index in [4.69, 9.17) is 25.9 Å². The number of halogens is 2. The zero-order valence-electron chi connectivity index (χ0n) is 14.3. The lowest BCUT2D eigenvalue weighted by Gasteiger charge is -2.33. The molecular formula is C20H14BrClO6. The van der Waals surface area contributed by atoms with Crippen molar-refractivity contribution in [3.63, 3.8) is 0 Å². The van der Waals surface area contributed by atoms with E-state index < -0.39 is 17.3 Å². The van der Waals surface area contributed by atoms with E-state index in [2.05, 4.69) is 15.9 Å². The fourth-order valence-corrected chi connectivity index (χ4v) is 3.72. The Morgan fingerprint density at radius 1 is 1.21 bits per heavy atom. The average Bonchev–Trinajstić information content (AvgIpc) is 2.60. The predicted octanol–water partition coefficient (Wildman–Crippen LogP) is 4.82. The van der Waals surface area contributed by atoms with E-state index in [1.807, 2.05) is 0 Å². The Kier molecular flexibility index (Phi) is 4.81. The summed E-state index contributed by atoms with van der Waals surface area (Å²) in [4.78, 5) is 23.5.